The van der Waals surface area contributed by atoms with Gasteiger partial charge in [-0.1, -0.05) is 42.5 Å². The molecule has 128 valence electrons. The Labute approximate surface area is 150 Å². The maximum Gasteiger partial charge on any atom is 0.230 e. The van der Waals surface area contributed by atoms with Gasteiger partial charge in [-0.05, 0) is 24.1 Å². The molecular formula is C20H20N2O2S. The Kier molecular flexibility index (Phi) is 5.56. The van der Waals surface area contributed by atoms with Crippen molar-refractivity contribution in [2.24, 2.45) is 0 Å². The zero-order valence-electron chi connectivity index (χ0n) is 14.0. The Morgan fingerprint density at radius 2 is 1.92 bits per heavy atom. The third kappa shape index (κ3) is 4.51. The van der Waals surface area contributed by atoms with Gasteiger partial charge < -0.3 is 10.3 Å². The van der Waals surface area contributed by atoms with Gasteiger partial charge in [-0.25, -0.2) is 0 Å². The molecule has 0 aliphatic heterocycles. The number of thioether (sulfide) groups is 1. The lowest BCUT2D eigenvalue weighted by molar-refractivity contribution is -0.118. The molecule has 0 saturated heterocycles. The summed E-state index contributed by atoms with van der Waals surface area (Å²) in [7, 11) is 0. The Morgan fingerprint density at radius 3 is 2.72 bits per heavy atom. The van der Waals surface area contributed by atoms with E-state index in [0.29, 0.717) is 23.4 Å². The van der Waals surface area contributed by atoms with E-state index in [2.05, 4.69) is 10.3 Å². The molecule has 0 aliphatic carbocycles. The van der Waals surface area contributed by atoms with E-state index in [1.54, 1.807) is 6.07 Å². The van der Waals surface area contributed by atoms with Crippen molar-refractivity contribution in [1.82, 2.24) is 10.3 Å². The minimum absolute atomic E-state index is 0.00632. The highest BCUT2D eigenvalue weighted by molar-refractivity contribution is 7.99. The molecule has 3 rings (SSSR count). The van der Waals surface area contributed by atoms with Gasteiger partial charge in [0, 0.05) is 29.4 Å². The van der Waals surface area contributed by atoms with Crippen LogP contribution in [0.15, 0.2) is 59.4 Å². The van der Waals surface area contributed by atoms with Crippen LogP contribution in [0.1, 0.15) is 16.8 Å². The van der Waals surface area contributed by atoms with Gasteiger partial charge in [-0.3, -0.25) is 9.59 Å². The van der Waals surface area contributed by atoms with Crippen LogP contribution in [0.3, 0.4) is 0 Å². The maximum atomic E-state index is 12.2. The van der Waals surface area contributed by atoms with Gasteiger partial charge in [0.2, 0.25) is 5.91 Å². The monoisotopic (exact) mass is 352 g/mol. The normalized spacial score (nSPS) is 10.8. The first kappa shape index (κ1) is 17.3. The summed E-state index contributed by atoms with van der Waals surface area (Å²) in [6.45, 7) is 2.51. The molecule has 0 aliphatic rings. The molecule has 0 unspecified atom stereocenters. The van der Waals surface area contributed by atoms with Crippen molar-refractivity contribution >= 4 is 28.6 Å². The third-order valence-electron chi connectivity index (χ3n) is 3.95. The van der Waals surface area contributed by atoms with E-state index in [-0.39, 0.29) is 11.3 Å². The van der Waals surface area contributed by atoms with Gasteiger partial charge in [-0.2, -0.15) is 0 Å². The highest BCUT2D eigenvalue weighted by Gasteiger charge is 2.06. The second-order valence-electron chi connectivity index (χ2n) is 5.91. The molecule has 5 heteroatoms. The molecular weight excluding hydrogens is 332 g/mol. The first-order chi connectivity index (χ1) is 12.1. The fraction of sp³-hybridized carbons (Fsp3) is 0.200. The topological polar surface area (TPSA) is 62.0 Å². The van der Waals surface area contributed by atoms with Gasteiger partial charge in [0.15, 0.2) is 5.43 Å². The van der Waals surface area contributed by atoms with Gasteiger partial charge >= 0.3 is 0 Å². The molecule has 0 spiro atoms. The van der Waals surface area contributed by atoms with Gasteiger partial charge in [-0.15, -0.1) is 11.8 Å². The van der Waals surface area contributed by atoms with Crippen molar-refractivity contribution in [1.29, 1.82) is 0 Å². The lowest BCUT2D eigenvalue weighted by atomic mass is 10.1. The van der Waals surface area contributed by atoms with Crippen molar-refractivity contribution in [3.63, 3.8) is 0 Å². The van der Waals surface area contributed by atoms with Crippen molar-refractivity contribution in [2.45, 2.75) is 19.2 Å². The Balaban J connectivity index is 1.55. The predicted octanol–water partition coefficient (Wildman–Crippen LogP) is 3.39. The number of rotatable bonds is 6. The molecule has 0 saturated carbocycles. The molecule has 2 N–H and O–H groups in total. The summed E-state index contributed by atoms with van der Waals surface area (Å²) in [4.78, 5) is 27.5. The summed E-state index contributed by atoms with van der Waals surface area (Å²) in [6, 6.07) is 17.1. The lowest BCUT2D eigenvalue weighted by Crippen LogP contribution is -2.24. The van der Waals surface area contributed by atoms with Crippen molar-refractivity contribution in [3.8, 4) is 0 Å². The zero-order chi connectivity index (χ0) is 17.6. The number of hydrogen-bond acceptors (Lipinski definition) is 3. The Bertz CT molecular complexity index is 935. The number of fused-ring (bicyclic) bond motifs is 1. The number of amides is 1. The molecule has 0 fully saturated rings. The number of carbonyl (C=O) groups excluding carboxylic acids is 1. The number of aromatic amines is 1. The van der Waals surface area contributed by atoms with E-state index in [9.17, 15) is 9.59 Å². The summed E-state index contributed by atoms with van der Waals surface area (Å²) < 4.78 is 0. The third-order valence-corrected chi connectivity index (χ3v) is 4.93. The van der Waals surface area contributed by atoms with Crippen LogP contribution in [0.25, 0.3) is 10.9 Å². The van der Waals surface area contributed by atoms with E-state index in [1.165, 1.54) is 11.8 Å². The van der Waals surface area contributed by atoms with Gasteiger partial charge in [0.1, 0.15) is 0 Å². The van der Waals surface area contributed by atoms with Gasteiger partial charge in [0.25, 0.3) is 0 Å². The standard InChI is InChI=1S/C20H20N2O2S/c1-14-6-5-9-17-18(23)10-16(22-20(14)17)12-25-13-19(24)21-11-15-7-3-2-4-8-15/h2-10H,11-13H2,1H3,(H,21,24)(H,22,23). The molecule has 0 bridgehead atoms. The minimum atomic E-state index is -0.00632. The van der Waals surface area contributed by atoms with E-state index < -0.39 is 0 Å². The van der Waals surface area contributed by atoms with Crippen LogP contribution in [-0.2, 0) is 17.1 Å². The summed E-state index contributed by atoms with van der Waals surface area (Å²) >= 11 is 1.49. The lowest BCUT2D eigenvalue weighted by Gasteiger charge is -2.07. The van der Waals surface area contributed by atoms with Crippen molar-refractivity contribution in [2.75, 3.05) is 5.75 Å². The number of hydrogen-bond donors (Lipinski definition) is 2. The number of benzene rings is 2. The summed E-state index contributed by atoms with van der Waals surface area (Å²) in [5.74, 6) is 0.951. The first-order valence-electron chi connectivity index (χ1n) is 8.13. The summed E-state index contributed by atoms with van der Waals surface area (Å²) in [6.07, 6.45) is 0. The fourth-order valence-corrected chi connectivity index (χ4v) is 3.42. The van der Waals surface area contributed by atoms with Crippen LogP contribution in [0.5, 0.6) is 0 Å². The van der Waals surface area contributed by atoms with Crippen LogP contribution in [-0.4, -0.2) is 16.6 Å². The number of carbonyl (C=O) groups is 1. The second-order valence-corrected chi connectivity index (χ2v) is 6.90. The van der Waals surface area contributed by atoms with E-state index in [4.69, 9.17) is 0 Å². The number of aryl methyl sites for hydroxylation is 1. The maximum absolute atomic E-state index is 12.2. The SMILES string of the molecule is Cc1cccc2c(=O)cc(CSCC(=O)NCc3ccccc3)[nH]c12. The molecule has 0 atom stereocenters. The smallest absolute Gasteiger partial charge is 0.230 e. The molecule has 1 heterocycles. The highest BCUT2D eigenvalue weighted by atomic mass is 32.2. The molecule has 1 amide bonds. The summed E-state index contributed by atoms with van der Waals surface area (Å²) in [5, 5.41) is 3.61. The van der Waals surface area contributed by atoms with E-state index >= 15 is 0 Å². The number of pyridine rings is 1. The number of nitrogens with one attached hydrogen (secondary N) is 2. The van der Waals surface area contributed by atoms with Crippen LogP contribution in [0, 0.1) is 6.92 Å². The Hall–Kier alpha value is -2.53. The fourth-order valence-electron chi connectivity index (χ4n) is 2.65. The number of aromatic nitrogens is 1. The predicted molar refractivity (Wildman–Crippen MR) is 104 cm³/mol. The van der Waals surface area contributed by atoms with Crippen LogP contribution < -0.4 is 10.7 Å². The van der Waals surface area contributed by atoms with E-state index in [1.807, 2.05) is 55.5 Å². The number of H-pyrrole nitrogens is 1. The molecule has 4 nitrogen and oxygen atoms in total. The molecule has 2 aromatic carbocycles. The molecule has 3 aromatic rings. The number of para-hydroxylation sites is 1. The average molecular weight is 352 g/mol. The summed E-state index contributed by atoms with van der Waals surface area (Å²) in [5.41, 5.74) is 3.85. The second kappa shape index (κ2) is 8.03. The Morgan fingerprint density at radius 1 is 1.12 bits per heavy atom. The van der Waals surface area contributed by atoms with Crippen LogP contribution in [0.2, 0.25) is 0 Å². The molecule has 25 heavy (non-hydrogen) atoms. The largest absolute Gasteiger partial charge is 0.357 e. The zero-order valence-corrected chi connectivity index (χ0v) is 14.9. The minimum Gasteiger partial charge on any atom is -0.357 e. The molecule has 0 radical (unpaired) electrons. The quantitative estimate of drug-likeness (QED) is 0.715. The molecule has 1 aromatic heterocycles. The van der Waals surface area contributed by atoms with Crippen LogP contribution >= 0.6 is 11.8 Å². The van der Waals surface area contributed by atoms with Gasteiger partial charge in [0.05, 0.1) is 11.3 Å². The van der Waals surface area contributed by atoms with Crippen molar-refractivity contribution in [3.05, 3.63) is 81.6 Å². The average Bonchev–Trinajstić information content (AvgIpc) is 2.62. The first-order valence-corrected chi connectivity index (χ1v) is 9.29. The van der Waals surface area contributed by atoms with Crippen LogP contribution in [0.4, 0.5) is 0 Å². The highest BCUT2D eigenvalue weighted by Crippen LogP contribution is 2.16. The van der Waals surface area contributed by atoms with E-state index in [0.717, 1.165) is 22.3 Å². The van der Waals surface area contributed by atoms with Crippen molar-refractivity contribution < 1.29 is 4.79 Å².